The zero-order chi connectivity index (χ0) is 14.0. The lowest BCUT2D eigenvalue weighted by Gasteiger charge is -2.13. The van der Waals surface area contributed by atoms with Crippen molar-refractivity contribution >= 4 is 16.9 Å². The van der Waals surface area contributed by atoms with Gasteiger partial charge in [-0.3, -0.25) is 4.79 Å². The lowest BCUT2D eigenvalue weighted by Crippen LogP contribution is -2.19. The first-order valence-corrected chi connectivity index (χ1v) is 6.36. The van der Waals surface area contributed by atoms with Gasteiger partial charge in [-0.05, 0) is 24.5 Å². The minimum atomic E-state index is -1.17. The number of rotatable bonds is 4. The van der Waals surface area contributed by atoms with Gasteiger partial charge in [-0.15, -0.1) is 0 Å². The fourth-order valence-corrected chi connectivity index (χ4v) is 2.08. The first kappa shape index (κ1) is 13.3. The summed E-state index contributed by atoms with van der Waals surface area (Å²) in [5, 5.41) is 9.58. The number of carboxylic acids is 1. The molecule has 0 atom stereocenters. The lowest BCUT2D eigenvalue weighted by atomic mass is 10.1. The van der Waals surface area contributed by atoms with E-state index in [1.807, 2.05) is 16.7 Å². The van der Waals surface area contributed by atoms with E-state index in [0.29, 0.717) is 17.8 Å². The summed E-state index contributed by atoms with van der Waals surface area (Å²) in [7, 11) is 0. The van der Waals surface area contributed by atoms with Crippen molar-refractivity contribution in [3.63, 3.8) is 0 Å². The van der Waals surface area contributed by atoms with Crippen molar-refractivity contribution in [2.24, 2.45) is 5.92 Å². The molecule has 4 heteroatoms. The number of carbonyl (C=O) groups is 1. The first-order chi connectivity index (χ1) is 9.00. The SMILES string of the molecule is CC(C)CCn1cc(C(=O)O)c(=O)c2ccccc21. The Bertz CT molecular complexity index is 671. The van der Waals surface area contributed by atoms with Gasteiger partial charge in [0.05, 0.1) is 5.52 Å². The van der Waals surface area contributed by atoms with Crippen LogP contribution in [0.2, 0.25) is 0 Å². The van der Waals surface area contributed by atoms with E-state index in [0.717, 1.165) is 11.9 Å². The molecule has 0 amide bonds. The van der Waals surface area contributed by atoms with E-state index >= 15 is 0 Å². The summed E-state index contributed by atoms with van der Waals surface area (Å²) in [6, 6.07) is 7.13. The molecule has 4 nitrogen and oxygen atoms in total. The molecular formula is C15H17NO3. The molecule has 0 aliphatic carbocycles. The summed E-state index contributed by atoms with van der Waals surface area (Å²) in [5.74, 6) is -0.652. The molecule has 1 heterocycles. The Morgan fingerprint density at radius 1 is 1.32 bits per heavy atom. The molecule has 0 fully saturated rings. The second kappa shape index (κ2) is 5.26. The third kappa shape index (κ3) is 2.67. The number of para-hydroxylation sites is 1. The summed E-state index contributed by atoms with van der Waals surface area (Å²) in [5.41, 5.74) is 0.213. The Kier molecular flexibility index (Phi) is 3.69. The van der Waals surface area contributed by atoms with Crippen LogP contribution in [0.25, 0.3) is 10.9 Å². The number of hydrogen-bond donors (Lipinski definition) is 1. The average molecular weight is 259 g/mol. The van der Waals surface area contributed by atoms with Crippen LogP contribution in [0.5, 0.6) is 0 Å². The van der Waals surface area contributed by atoms with Gasteiger partial charge in [0.15, 0.2) is 0 Å². The first-order valence-electron chi connectivity index (χ1n) is 6.36. The number of aryl methyl sites for hydroxylation is 1. The van der Waals surface area contributed by atoms with Gasteiger partial charge in [0.1, 0.15) is 5.56 Å². The standard InChI is InChI=1S/C15H17NO3/c1-10(2)7-8-16-9-12(15(18)19)14(17)11-5-3-4-6-13(11)16/h3-6,9-10H,7-8H2,1-2H3,(H,18,19). The second-order valence-electron chi connectivity index (χ2n) is 5.07. The summed E-state index contributed by atoms with van der Waals surface area (Å²) in [6.07, 6.45) is 2.39. The molecule has 1 aromatic heterocycles. The number of hydrogen-bond acceptors (Lipinski definition) is 2. The molecule has 0 saturated carbocycles. The molecule has 0 spiro atoms. The fraction of sp³-hybridized carbons (Fsp3) is 0.333. The predicted octanol–water partition coefficient (Wildman–Crippen LogP) is 2.75. The third-order valence-corrected chi connectivity index (χ3v) is 3.17. The Labute approximate surface area is 111 Å². The van der Waals surface area contributed by atoms with Gasteiger partial charge in [0, 0.05) is 18.1 Å². The molecule has 0 radical (unpaired) electrons. The predicted molar refractivity (Wildman–Crippen MR) is 74.6 cm³/mol. The molecule has 0 aliphatic heterocycles. The van der Waals surface area contributed by atoms with Crippen LogP contribution in [0.3, 0.4) is 0 Å². The summed E-state index contributed by atoms with van der Waals surface area (Å²) in [4.78, 5) is 23.2. The highest BCUT2D eigenvalue weighted by Gasteiger charge is 2.14. The van der Waals surface area contributed by atoms with Crippen molar-refractivity contribution in [2.75, 3.05) is 0 Å². The zero-order valence-electron chi connectivity index (χ0n) is 11.1. The number of benzene rings is 1. The van der Waals surface area contributed by atoms with Crippen molar-refractivity contribution in [3.8, 4) is 0 Å². The molecule has 1 N–H and O–H groups in total. The highest BCUT2D eigenvalue weighted by molar-refractivity contribution is 5.92. The van der Waals surface area contributed by atoms with E-state index in [1.54, 1.807) is 12.1 Å². The highest BCUT2D eigenvalue weighted by atomic mass is 16.4. The Morgan fingerprint density at radius 3 is 2.63 bits per heavy atom. The molecule has 1 aromatic carbocycles. The van der Waals surface area contributed by atoms with Crippen molar-refractivity contribution in [1.82, 2.24) is 4.57 Å². The van der Waals surface area contributed by atoms with E-state index in [1.165, 1.54) is 6.20 Å². The van der Waals surface area contributed by atoms with Gasteiger partial charge in [0.2, 0.25) is 5.43 Å². The normalized spacial score (nSPS) is 11.1. The van der Waals surface area contributed by atoms with E-state index in [2.05, 4.69) is 13.8 Å². The van der Waals surface area contributed by atoms with Gasteiger partial charge in [-0.2, -0.15) is 0 Å². The van der Waals surface area contributed by atoms with Gasteiger partial charge in [-0.25, -0.2) is 4.79 Å². The van der Waals surface area contributed by atoms with E-state index in [-0.39, 0.29) is 5.56 Å². The largest absolute Gasteiger partial charge is 0.477 e. The molecular weight excluding hydrogens is 242 g/mol. The minimum Gasteiger partial charge on any atom is -0.477 e. The second-order valence-corrected chi connectivity index (χ2v) is 5.07. The average Bonchev–Trinajstić information content (AvgIpc) is 2.37. The van der Waals surface area contributed by atoms with Crippen molar-refractivity contribution in [3.05, 3.63) is 46.2 Å². The van der Waals surface area contributed by atoms with Crippen LogP contribution in [0.4, 0.5) is 0 Å². The fourth-order valence-electron chi connectivity index (χ4n) is 2.08. The van der Waals surface area contributed by atoms with Crippen molar-refractivity contribution in [2.45, 2.75) is 26.8 Å². The summed E-state index contributed by atoms with van der Waals surface area (Å²) in [6.45, 7) is 4.93. The maximum absolute atomic E-state index is 12.1. The number of aromatic carboxylic acids is 1. The van der Waals surface area contributed by atoms with Crippen LogP contribution in [-0.2, 0) is 6.54 Å². The molecule has 0 unspecified atom stereocenters. The monoisotopic (exact) mass is 259 g/mol. The topological polar surface area (TPSA) is 59.3 Å². The zero-order valence-corrected chi connectivity index (χ0v) is 11.1. The molecule has 2 rings (SSSR count). The summed E-state index contributed by atoms with van der Waals surface area (Å²) >= 11 is 0. The number of pyridine rings is 1. The number of nitrogens with zero attached hydrogens (tertiary/aromatic N) is 1. The van der Waals surface area contributed by atoms with Crippen LogP contribution in [0.15, 0.2) is 35.3 Å². The van der Waals surface area contributed by atoms with Gasteiger partial charge >= 0.3 is 5.97 Å². The summed E-state index contributed by atoms with van der Waals surface area (Å²) < 4.78 is 1.86. The van der Waals surface area contributed by atoms with Crippen molar-refractivity contribution in [1.29, 1.82) is 0 Å². The molecule has 100 valence electrons. The number of aromatic nitrogens is 1. The van der Waals surface area contributed by atoms with E-state index < -0.39 is 11.4 Å². The Hall–Kier alpha value is -2.10. The Morgan fingerprint density at radius 2 is 2.00 bits per heavy atom. The number of carboxylic acid groups (broad SMARTS) is 1. The molecule has 0 saturated heterocycles. The highest BCUT2D eigenvalue weighted by Crippen LogP contribution is 2.14. The van der Waals surface area contributed by atoms with Crippen LogP contribution >= 0.6 is 0 Å². The number of fused-ring (bicyclic) bond motifs is 1. The van der Waals surface area contributed by atoms with Gasteiger partial charge in [-0.1, -0.05) is 26.0 Å². The molecule has 2 aromatic rings. The maximum Gasteiger partial charge on any atom is 0.341 e. The Balaban J connectivity index is 2.64. The van der Waals surface area contributed by atoms with E-state index in [4.69, 9.17) is 5.11 Å². The smallest absolute Gasteiger partial charge is 0.341 e. The van der Waals surface area contributed by atoms with Gasteiger partial charge in [0.25, 0.3) is 0 Å². The molecule has 0 aliphatic rings. The molecule has 19 heavy (non-hydrogen) atoms. The van der Waals surface area contributed by atoms with Crippen LogP contribution in [0, 0.1) is 5.92 Å². The quantitative estimate of drug-likeness (QED) is 0.918. The minimum absolute atomic E-state index is 0.164. The van der Waals surface area contributed by atoms with Crippen molar-refractivity contribution < 1.29 is 9.90 Å². The maximum atomic E-state index is 12.1. The molecule has 0 bridgehead atoms. The van der Waals surface area contributed by atoms with E-state index in [9.17, 15) is 9.59 Å². The van der Waals surface area contributed by atoms with Gasteiger partial charge < -0.3 is 9.67 Å². The van der Waals surface area contributed by atoms with Crippen LogP contribution in [-0.4, -0.2) is 15.6 Å². The third-order valence-electron chi connectivity index (χ3n) is 3.17. The van der Waals surface area contributed by atoms with Crippen LogP contribution < -0.4 is 5.43 Å². The van der Waals surface area contributed by atoms with Crippen LogP contribution in [0.1, 0.15) is 30.6 Å². The lowest BCUT2D eigenvalue weighted by molar-refractivity contribution is 0.0695.